The molecule has 112 valence electrons. The Morgan fingerprint density at radius 3 is 2.95 bits per heavy atom. The molecule has 5 heteroatoms. The van der Waals surface area contributed by atoms with Gasteiger partial charge in [0.25, 0.3) is 0 Å². The van der Waals surface area contributed by atoms with Crippen LogP contribution < -0.4 is 5.32 Å². The molecule has 1 atom stereocenters. The van der Waals surface area contributed by atoms with Gasteiger partial charge in [0.05, 0.1) is 13.2 Å². The summed E-state index contributed by atoms with van der Waals surface area (Å²) >= 11 is 0. The molecule has 0 aliphatic carbocycles. The first-order valence-corrected chi connectivity index (χ1v) is 6.87. The summed E-state index contributed by atoms with van der Waals surface area (Å²) in [5, 5.41) is 3.30. The lowest BCUT2D eigenvalue weighted by molar-refractivity contribution is 0.144. The maximum Gasteiger partial charge on any atom is 0.126 e. The zero-order chi connectivity index (χ0) is 14.4. The highest BCUT2D eigenvalue weighted by Gasteiger charge is 2.35. The fourth-order valence-corrected chi connectivity index (χ4v) is 2.60. The summed E-state index contributed by atoms with van der Waals surface area (Å²) in [6, 6.07) is 3.62. The molecule has 1 aromatic rings. The number of ether oxygens (including phenoxy) is 2. The molecule has 0 amide bonds. The minimum absolute atomic E-state index is 0.164. The summed E-state index contributed by atoms with van der Waals surface area (Å²) in [6.07, 6.45) is 1.33. The average molecular weight is 285 g/mol. The van der Waals surface area contributed by atoms with Crippen molar-refractivity contribution in [2.24, 2.45) is 5.41 Å². The molecule has 1 unspecified atom stereocenters. The van der Waals surface area contributed by atoms with Crippen LogP contribution in [0, 0.1) is 17.0 Å². The minimum atomic E-state index is -0.400. The van der Waals surface area contributed by atoms with Crippen molar-refractivity contribution >= 4 is 0 Å². The zero-order valence-corrected chi connectivity index (χ0v) is 11.8. The van der Waals surface area contributed by atoms with Gasteiger partial charge < -0.3 is 14.8 Å². The Morgan fingerprint density at radius 1 is 1.40 bits per heavy atom. The third-order valence-corrected chi connectivity index (χ3v) is 3.74. The quantitative estimate of drug-likeness (QED) is 0.779. The van der Waals surface area contributed by atoms with Crippen LogP contribution in [0.2, 0.25) is 0 Å². The third-order valence-electron chi connectivity index (χ3n) is 3.74. The number of hydrogen-bond acceptors (Lipinski definition) is 3. The Morgan fingerprint density at radius 2 is 2.25 bits per heavy atom. The number of methoxy groups -OCH3 is 1. The van der Waals surface area contributed by atoms with E-state index in [0.29, 0.717) is 38.3 Å². The summed E-state index contributed by atoms with van der Waals surface area (Å²) in [4.78, 5) is 0. The molecule has 3 nitrogen and oxygen atoms in total. The highest BCUT2D eigenvalue weighted by atomic mass is 19.1. The van der Waals surface area contributed by atoms with E-state index in [-0.39, 0.29) is 11.2 Å². The fraction of sp³-hybridized carbons (Fsp3) is 0.600. The van der Waals surface area contributed by atoms with Gasteiger partial charge in [-0.05, 0) is 36.6 Å². The normalized spacial score (nSPS) is 22.4. The van der Waals surface area contributed by atoms with Gasteiger partial charge >= 0.3 is 0 Å². The van der Waals surface area contributed by atoms with Crippen LogP contribution in [0.25, 0.3) is 0 Å². The molecular weight excluding hydrogens is 264 g/mol. The van der Waals surface area contributed by atoms with Gasteiger partial charge in [0, 0.05) is 32.2 Å². The predicted octanol–water partition coefficient (Wildman–Crippen LogP) is 2.15. The van der Waals surface area contributed by atoms with E-state index in [2.05, 4.69) is 5.32 Å². The molecule has 2 rings (SSSR count). The second-order valence-electron chi connectivity index (χ2n) is 5.38. The van der Waals surface area contributed by atoms with Crippen molar-refractivity contribution in [3.8, 4) is 0 Å². The van der Waals surface area contributed by atoms with E-state index in [1.807, 2.05) is 0 Å². The van der Waals surface area contributed by atoms with Gasteiger partial charge in [0.15, 0.2) is 0 Å². The van der Waals surface area contributed by atoms with Crippen molar-refractivity contribution in [3.63, 3.8) is 0 Å². The van der Waals surface area contributed by atoms with Gasteiger partial charge in [-0.25, -0.2) is 8.78 Å². The molecule has 1 heterocycles. The molecule has 1 aliphatic heterocycles. The van der Waals surface area contributed by atoms with Gasteiger partial charge in [0.1, 0.15) is 11.6 Å². The van der Waals surface area contributed by atoms with Gasteiger partial charge in [0.2, 0.25) is 0 Å². The Balaban J connectivity index is 2.02. The van der Waals surface area contributed by atoms with E-state index in [0.717, 1.165) is 19.0 Å². The van der Waals surface area contributed by atoms with Crippen LogP contribution in [0.1, 0.15) is 12.0 Å². The smallest absolute Gasteiger partial charge is 0.126 e. The van der Waals surface area contributed by atoms with Crippen molar-refractivity contribution in [3.05, 3.63) is 35.4 Å². The number of hydrogen-bond donors (Lipinski definition) is 1. The van der Waals surface area contributed by atoms with Crippen LogP contribution in [0.3, 0.4) is 0 Å². The van der Waals surface area contributed by atoms with Crippen LogP contribution in [-0.2, 0) is 15.9 Å². The Kier molecular flexibility index (Phi) is 5.46. The van der Waals surface area contributed by atoms with Crippen molar-refractivity contribution < 1.29 is 18.3 Å². The second-order valence-corrected chi connectivity index (χ2v) is 5.38. The first-order valence-electron chi connectivity index (χ1n) is 6.87. The maximum absolute atomic E-state index is 13.8. The molecule has 1 saturated heterocycles. The number of halogens is 2. The largest absolute Gasteiger partial charge is 0.383 e. The van der Waals surface area contributed by atoms with Gasteiger partial charge in [-0.2, -0.15) is 0 Å². The van der Waals surface area contributed by atoms with Crippen LogP contribution in [0.4, 0.5) is 8.78 Å². The summed E-state index contributed by atoms with van der Waals surface area (Å²) in [5.41, 5.74) is 0.256. The number of benzene rings is 1. The maximum atomic E-state index is 13.8. The summed E-state index contributed by atoms with van der Waals surface area (Å²) < 4.78 is 37.5. The second kappa shape index (κ2) is 7.11. The van der Waals surface area contributed by atoms with E-state index in [1.165, 1.54) is 12.1 Å². The van der Waals surface area contributed by atoms with E-state index in [4.69, 9.17) is 9.47 Å². The van der Waals surface area contributed by atoms with Crippen molar-refractivity contribution in [2.45, 2.75) is 12.8 Å². The molecule has 1 N–H and O–H groups in total. The van der Waals surface area contributed by atoms with Crippen molar-refractivity contribution in [1.82, 2.24) is 5.32 Å². The van der Waals surface area contributed by atoms with Gasteiger partial charge in [-0.15, -0.1) is 0 Å². The van der Waals surface area contributed by atoms with Gasteiger partial charge in [-0.3, -0.25) is 0 Å². The van der Waals surface area contributed by atoms with Gasteiger partial charge in [-0.1, -0.05) is 0 Å². The predicted molar refractivity (Wildman–Crippen MR) is 72.7 cm³/mol. The molecule has 0 aromatic heterocycles. The van der Waals surface area contributed by atoms with E-state index in [1.54, 1.807) is 7.11 Å². The molecule has 1 aliphatic rings. The first-order chi connectivity index (χ1) is 9.65. The highest BCUT2D eigenvalue weighted by Crippen LogP contribution is 2.33. The number of rotatable bonds is 7. The average Bonchev–Trinajstić information content (AvgIpc) is 2.88. The molecule has 20 heavy (non-hydrogen) atoms. The highest BCUT2D eigenvalue weighted by molar-refractivity contribution is 5.21. The lowest BCUT2D eigenvalue weighted by Gasteiger charge is -2.28. The van der Waals surface area contributed by atoms with E-state index < -0.39 is 5.82 Å². The first kappa shape index (κ1) is 15.4. The van der Waals surface area contributed by atoms with Crippen LogP contribution in [0.15, 0.2) is 18.2 Å². The van der Waals surface area contributed by atoms with Crippen LogP contribution >= 0.6 is 0 Å². The minimum Gasteiger partial charge on any atom is -0.383 e. The van der Waals surface area contributed by atoms with Crippen molar-refractivity contribution in [2.75, 3.05) is 40.0 Å². The Labute approximate surface area is 118 Å². The molecule has 1 fully saturated rings. The Hall–Kier alpha value is -1.04. The fourth-order valence-electron chi connectivity index (χ4n) is 2.60. The topological polar surface area (TPSA) is 30.5 Å². The standard InChI is InChI=1S/C15H21F2NO2/c1-19-7-5-18-10-15(4-6-20-11-15)9-12-8-13(16)2-3-14(12)17/h2-3,8,18H,4-7,9-11H2,1H3. The van der Waals surface area contributed by atoms with Crippen LogP contribution in [0.5, 0.6) is 0 Å². The van der Waals surface area contributed by atoms with E-state index >= 15 is 0 Å². The summed E-state index contributed by atoms with van der Waals surface area (Å²) in [5.74, 6) is -0.752. The van der Waals surface area contributed by atoms with Crippen LogP contribution in [-0.4, -0.2) is 40.0 Å². The summed E-state index contributed by atoms with van der Waals surface area (Å²) in [6.45, 7) is 3.33. The zero-order valence-electron chi connectivity index (χ0n) is 11.8. The van der Waals surface area contributed by atoms with Crippen molar-refractivity contribution in [1.29, 1.82) is 0 Å². The lowest BCUT2D eigenvalue weighted by atomic mass is 9.80. The lowest BCUT2D eigenvalue weighted by Crippen LogP contribution is -2.38. The Bertz CT molecular complexity index is 434. The third kappa shape index (κ3) is 3.98. The monoisotopic (exact) mass is 285 g/mol. The molecular formula is C15H21F2NO2. The molecule has 0 bridgehead atoms. The molecule has 0 saturated carbocycles. The molecule has 0 radical (unpaired) electrons. The molecule has 1 aromatic carbocycles. The van der Waals surface area contributed by atoms with E-state index in [9.17, 15) is 8.78 Å². The number of nitrogens with one attached hydrogen (secondary N) is 1. The summed E-state index contributed by atoms with van der Waals surface area (Å²) in [7, 11) is 1.65. The SMILES string of the molecule is COCCNCC1(Cc2cc(F)ccc2F)CCOC1. The molecule has 0 spiro atoms.